The molecule has 1 aliphatic heterocycles. The second-order valence-corrected chi connectivity index (χ2v) is 5.87. The van der Waals surface area contributed by atoms with Crippen LogP contribution in [0.15, 0.2) is 36.5 Å². The molecule has 1 fully saturated rings. The van der Waals surface area contributed by atoms with Crippen molar-refractivity contribution in [2.24, 2.45) is 0 Å². The van der Waals surface area contributed by atoms with Crippen LogP contribution in [0, 0.1) is 5.82 Å². The third kappa shape index (κ3) is 4.35. The highest BCUT2D eigenvalue weighted by molar-refractivity contribution is 5.78. The molecule has 24 heavy (non-hydrogen) atoms. The van der Waals surface area contributed by atoms with Crippen LogP contribution in [0.1, 0.15) is 35.8 Å². The lowest BCUT2D eigenvalue weighted by atomic mass is 10.0. The van der Waals surface area contributed by atoms with Gasteiger partial charge in [0.05, 0.1) is 25.3 Å². The van der Waals surface area contributed by atoms with E-state index in [4.69, 9.17) is 4.74 Å². The van der Waals surface area contributed by atoms with E-state index in [1.165, 1.54) is 6.07 Å². The highest BCUT2D eigenvalue weighted by Gasteiger charge is 2.19. The molecule has 1 unspecified atom stereocenters. The lowest BCUT2D eigenvalue weighted by Crippen LogP contribution is -2.26. The van der Waals surface area contributed by atoms with Crippen molar-refractivity contribution < 1.29 is 13.9 Å². The van der Waals surface area contributed by atoms with Gasteiger partial charge < -0.3 is 10.1 Å². The first kappa shape index (κ1) is 16.5. The van der Waals surface area contributed by atoms with Gasteiger partial charge in [0, 0.05) is 18.7 Å². The van der Waals surface area contributed by atoms with Crippen LogP contribution in [0.25, 0.3) is 0 Å². The molecule has 0 radical (unpaired) electrons. The number of aromatic nitrogens is 2. The monoisotopic (exact) mass is 329 g/mol. The lowest BCUT2D eigenvalue weighted by Gasteiger charge is -2.20. The number of halogens is 1. The molecule has 2 aromatic rings. The van der Waals surface area contributed by atoms with E-state index in [2.05, 4.69) is 15.3 Å². The number of ether oxygens (including phenoxy) is 1. The molecule has 1 aromatic carbocycles. The zero-order chi connectivity index (χ0) is 16.8. The van der Waals surface area contributed by atoms with E-state index in [0.29, 0.717) is 18.7 Å². The number of rotatable bonds is 5. The Hall–Kier alpha value is -2.34. The Morgan fingerprint density at radius 2 is 2.21 bits per heavy atom. The predicted octanol–water partition coefficient (Wildman–Crippen LogP) is 2.37. The summed E-state index contributed by atoms with van der Waals surface area (Å²) in [5, 5.41) is 2.78. The fourth-order valence-electron chi connectivity index (χ4n) is 2.72. The number of amides is 1. The quantitative estimate of drug-likeness (QED) is 0.915. The van der Waals surface area contributed by atoms with E-state index < -0.39 is 0 Å². The minimum Gasteiger partial charge on any atom is -0.381 e. The summed E-state index contributed by atoms with van der Waals surface area (Å²) in [7, 11) is 0. The van der Waals surface area contributed by atoms with Gasteiger partial charge in [0.25, 0.3) is 0 Å². The van der Waals surface area contributed by atoms with E-state index in [1.54, 1.807) is 30.5 Å². The largest absolute Gasteiger partial charge is 0.381 e. The van der Waals surface area contributed by atoms with Crippen LogP contribution < -0.4 is 5.32 Å². The molecule has 0 spiro atoms. The number of nitrogens with one attached hydrogen (secondary N) is 1. The van der Waals surface area contributed by atoms with E-state index in [9.17, 15) is 9.18 Å². The van der Waals surface area contributed by atoms with Crippen LogP contribution in [0.2, 0.25) is 0 Å². The van der Waals surface area contributed by atoms with Gasteiger partial charge in [-0.3, -0.25) is 4.79 Å². The smallest absolute Gasteiger partial charge is 0.224 e. The average molecular weight is 329 g/mol. The Morgan fingerprint density at radius 1 is 1.33 bits per heavy atom. The van der Waals surface area contributed by atoms with Crippen molar-refractivity contribution in [2.75, 3.05) is 13.2 Å². The predicted molar refractivity (Wildman–Crippen MR) is 86.8 cm³/mol. The second kappa shape index (κ2) is 7.97. The molecule has 1 atom stereocenters. The second-order valence-electron chi connectivity index (χ2n) is 5.87. The normalized spacial score (nSPS) is 17.5. The molecular weight excluding hydrogens is 309 g/mol. The Kier molecular flexibility index (Phi) is 5.48. The summed E-state index contributed by atoms with van der Waals surface area (Å²) in [6.45, 7) is 1.74. The summed E-state index contributed by atoms with van der Waals surface area (Å²) in [6.07, 6.45) is 3.75. The molecule has 3 rings (SSSR count). The van der Waals surface area contributed by atoms with Gasteiger partial charge in [-0.05, 0) is 30.5 Å². The molecule has 1 aliphatic rings. The molecule has 126 valence electrons. The Morgan fingerprint density at radius 3 is 3.00 bits per heavy atom. The fourth-order valence-corrected chi connectivity index (χ4v) is 2.72. The van der Waals surface area contributed by atoms with Gasteiger partial charge >= 0.3 is 0 Å². The van der Waals surface area contributed by atoms with Crippen molar-refractivity contribution in [3.8, 4) is 0 Å². The molecule has 1 saturated heterocycles. The van der Waals surface area contributed by atoms with Crippen molar-refractivity contribution in [1.29, 1.82) is 0 Å². The highest BCUT2D eigenvalue weighted by atomic mass is 19.1. The van der Waals surface area contributed by atoms with Crippen LogP contribution in [0.4, 0.5) is 4.39 Å². The van der Waals surface area contributed by atoms with E-state index in [-0.39, 0.29) is 24.1 Å². The maximum absolute atomic E-state index is 13.6. The molecule has 0 bridgehead atoms. The third-order valence-corrected chi connectivity index (χ3v) is 4.03. The average Bonchev–Trinajstić information content (AvgIpc) is 2.63. The maximum Gasteiger partial charge on any atom is 0.224 e. The van der Waals surface area contributed by atoms with Crippen molar-refractivity contribution in [1.82, 2.24) is 15.3 Å². The molecule has 0 saturated carbocycles. The number of hydrogen-bond donors (Lipinski definition) is 1. The number of carbonyl (C=O) groups excluding carboxylic acids is 1. The van der Waals surface area contributed by atoms with Gasteiger partial charge in [0.2, 0.25) is 5.91 Å². The third-order valence-electron chi connectivity index (χ3n) is 4.03. The van der Waals surface area contributed by atoms with Gasteiger partial charge in [0.15, 0.2) is 0 Å². The number of benzene rings is 1. The minimum absolute atomic E-state index is 0.0150. The Labute approximate surface area is 140 Å². The number of hydrogen-bond acceptors (Lipinski definition) is 4. The standard InChI is InChI=1S/C18H20FN3O2/c19-16-6-2-1-4-13(16)10-17(23)21-11-15-7-8-20-18(22-15)14-5-3-9-24-12-14/h1-2,4,6-8,14H,3,5,9-12H2,(H,21,23). The van der Waals surface area contributed by atoms with E-state index >= 15 is 0 Å². The molecule has 1 N–H and O–H groups in total. The summed E-state index contributed by atoms with van der Waals surface area (Å²) in [4.78, 5) is 20.8. The topological polar surface area (TPSA) is 64.1 Å². The SMILES string of the molecule is O=C(Cc1ccccc1F)NCc1ccnc(C2CCCOC2)n1. The van der Waals surface area contributed by atoms with Gasteiger partial charge in [-0.1, -0.05) is 18.2 Å². The Balaban J connectivity index is 1.56. The minimum atomic E-state index is -0.366. The fraction of sp³-hybridized carbons (Fsp3) is 0.389. The van der Waals surface area contributed by atoms with Gasteiger partial charge in [0.1, 0.15) is 11.6 Å². The van der Waals surface area contributed by atoms with Crippen molar-refractivity contribution in [2.45, 2.75) is 31.7 Å². The van der Waals surface area contributed by atoms with Gasteiger partial charge in [-0.15, -0.1) is 0 Å². The van der Waals surface area contributed by atoms with E-state index in [1.807, 2.05) is 0 Å². The van der Waals surface area contributed by atoms with Crippen LogP contribution in [-0.2, 0) is 22.5 Å². The first-order valence-corrected chi connectivity index (χ1v) is 8.12. The molecule has 1 amide bonds. The molecule has 5 nitrogen and oxygen atoms in total. The molecule has 1 aromatic heterocycles. The summed E-state index contributed by atoms with van der Waals surface area (Å²) < 4.78 is 19.0. The lowest BCUT2D eigenvalue weighted by molar-refractivity contribution is -0.120. The molecule has 0 aliphatic carbocycles. The summed E-state index contributed by atoms with van der Waals surface area (Å²) >= 11 is 0. The highest BCUT2D eigenvalue weighted by Crippen LogP contribution is 2.22. The molecule has 2 heterocycles. The zero-order valence-corrected chi connectivity index (χ0v) is 13.4. The van der Waals surface area contributed by atoms with Gasteiger partial charge in [-0.25, -0.2) is 14.4 Å². The van der Waals surface area contributed by atoms with Crippen LogP contribution in [0.5, 0.6) is 0 Å². The van der Waals surface area contributed by atoms with Crippen molar-refractivity contribution in [3.63, 3.8) is 0 Å². The molecule has 6 heteroatoms. The first-order chi connectivity index (χ1) is 11.7. The zero-order valence-electron chi connectivity index (χ0n) is 13.4. The van der Waals surface area contributed by atoms with Crippen LogP contribution >= 0.6 is 0 Å². The summed E-state index contributed by atoms with van der Waals surface area (Å²) in [5.74, 6) is 0.374. The maximum atomic E-state index is 13.6. The Bertz CT molecular complexity index is 702. The number of carbonyl (C=O) groups is 1. The summed E-state index contributed by atoms with van der Waals surface area (Å²) in [6, 6.07) is 8.06. The van der Waals surface area contributed by atoms with Crippen molar-refractivity contribution in [3.05, 3.63) is 59.4 Å². The van der Waals surface area contributed by atoms with Crippen LogP contribution in [-0.4, -0.2) is 29.1 Å². The summed E-state index contributed by atoms with van der Waals surface area (Å²) in [5.41, 5.74) is 1.13. The van der Waals surface area contributed by atoms with Crippen molar-refractivity contribution >= 4 is 5.91 Å². The number of nitrogens with zero attached hydrogens (tertiary/aromatic N) is 2. The van der Waals surface area contributed by atoms with E-state index in [0.717, 1.165) is 31.0 Å². The molecular formula is C18H20FN3O2. The van der Waals surface area contributed by atoms with Crippen LogP contribution in [0.3, 0.4) is 0 Å². The first-order valence-electron chi connectivity index (χ1n) is 8.12. The van der Waals surface area contributed by atoms with Gasteiger partial charge in [-0.2, -0.15) is 0 Å².